The zero-order chi connectivity index (χ0) is 10.5. The van der Waals surface area contributed by atoms with Crippen LogP contribution in [-0.2, 0) is 6.54 Å². The fraction of sp³-hybridized carbons (Fsp3) is 0.667. The molecule has 1 saturated heterocycles. The Morgan fingerprint density at radius 3 is 3.20 bits per heavy atom. The summed E-state index contributed by atoms with van der Waals surface area (Å²) in [5.41, 5.74) is 7.09. The predicted molar refractivity (Wildman–Crippen MR) is 66.0 cm³/mol. The Morgan fingerprint density at radius 1 is 1.53 bits per heavy atom. The van der Waals surface area contributed by atoms with Gasteiger partial charge in [-0.2, -0.15) is 11.3 Å². The normalized spacial score (nSPS) is 23.1. The van der Waals surface area contributed by atoms with E-state index in [0.29, 0.717) is 0 Å². The van der Waals surface area contributed by atoms with Gasteiger partial charge in [0, 0.05) is 13.1 Å². The highest BCUT2D eigenvalue weighted by Gasteiger charge is 2.19. The quantitative estimate of drug-likeness (QED) is 0.850. The smallest absolute Gasteiger partial charge is 0.0242 e. The average Bonchev–Trinajstić information content (AvgIpc) is 2.71. The highest BCUT2D eigenvalue weighted by Crippen LogP contribution is 2.21. The number of nitrogens with zero attached hydrogens (tertiary/aromatic N) is 1. The largest absolute Gasteiger partial charge is 0.330 e. The van der Waals surface area contributed by atoms with E-state index in [2.05, 4.69) is 21.7 Å². The molecule has 3 heteroatoms. The van der Waals surface area contributed by atoms with Crippen molar-refractivity contribution in [1.82, 2.24) is 4.90 Å². The van der Waals surface area contributed by atoms with Crippen LogP contribution in [0.2, 0.25) is 0 Å². The van der Waals surface area contributed by atoms with Crippen LogP contribution >= 0.6 is 11.3 Å². The van der Waals surface area contributed by atoms with Crippen molar-refractivity contribution in [2.24, 2.45) is 11.7 Å². The summed E-state index contributed by atoms with van der Waals surface area (Å²) < 4.78 is 0. The summed E-state index contributed by atoms with van der Waals surface area (Å²) in [6.45, 7) is 4.48. The molecule has 1 aromatic rings. The summed E-state index contributed by atoms with van der Waals surface area (Å²) >= 11 is 1.79. The van der Waals surface area contributed by atoms with Crippen molar-refractivity contribution >= 4 is 11.3 Å². The molecule has 0 spiro atoms. The average molecular weight is 224 g/mol. The second kappa shape index (κ2) is 5.64. The van der Waals surface area contributed by atoms with E-state index in [1.165, 1.54) is 37.9 Å². The third-order valence-corrected chi connectivity index (χ3v) is 3.90. The summed E-state index contributed by atoms with van der Waals surface area (Å²) in [5, 5.41) is 4.42. The first-order valence-corrected chi connectivity index (χ1v) is 6.76. The molecule has 84 valence electrons. The second-order valence-corrected chi connectivity index (χ2v) is 5.23. The lowest BCUT2D eigenvalue weighted by Gasteiger charge is -2.32. The maximum atomic E-state index is 5.62. The molecule has 1 aromatic heterocycles. The number of nitrogens with two attached hydrogens (primary N) is 1. The van der Waals surface area contributed by atoms with E-state index in [1.54, 1.807) is 11.3 Å². The van der Waals surface area contributed by atoms with Crippen molar-refractivity contribution in [1.29, 1.82) is 0 Å². The SMILES string of the molecule is NCCC1CCCN(Cc2ccsc2)C1. The summed E-state index contributed by atoms with van der Waals surface area (Å²) in [6, 6.07) is 2.23. The number of likely N-dealkylation sites (tertiary alicyclic amines) is 1. The van der Waals surface area contributed by atoms with Crippen molar-refractivity contribution < 1.29 is 0 Å². The zero-order valence-corrected chi connectivity index (χ0v) is 10.0. The van der Waals surface area contributed by atoms with Crippen molar-refractivity contribution in [2.75, 3.05) is 19.6 Å². The number of rotatable bonds is 4. The van der Waals surface area contributed by atoms with E-state index in [9.17, 15) is 0 Å². The van der Waals surface area contributed by atoms with Gasteiger partial charge < -0.3 is 5.73 Å². The fourth-order valence-electron chi connectivity index (χ4n) is 2.41. The van der Waals surface area contributed by atoms with E-state index < -0.39 is 0 Å². The van der Waals surface area contributed by atoms with Crippen molar-refractivity contribution in [3.63, 3.8) is 0 Å². The van der Waals surface area contributed by atoms with E-state index in [1.807, 2.05) is 0 Å². The van der Waals surface area contributed by atoms with E-state index in [4.69, 9.17) is 5.73 Å². The lowest BCUT2D eigenvalue weighted by Crippen LogP contribution is -2.35. The zero-order valence-electron chi connectivity index (χ0n) is 9.19. The molecule has 2 N–H and O–H groups in total. The van der Waals surface area contributed by atoms with E-state index in [-0.39, 0.29) is 0 Å². The lowest BCUT2D eigenvalue weighted by atomic mass is 9.95. The van der Waals surface area contributed by atoms with Gasteiger partial charge >= 0.3 is 0 Å². The molecule has 1 atom stereocenters. The first kappa shape index (κ1) is 11.1. The predicted octanol–water partition coefficient (Wildman–Crippen LogP) is 2.31. The molecule has 2 rings (SSSR count). The molecule has 2 nitrogen and oxygen atoms in total. The van der Waals surface area contributed by atoms with E-state index in [0.717, 1.165) is 19.0 Å². The van der Waals surface area contributed by atoms with Gasteiger partial charge in [-0.05, 0) is 60.7 Å². The van der Waals surface area contributed by atoms with Crippen molar-refractivity contribution in [2.45, 2.75) is 25.8 Å². The van der Waals surface area contributed by atoms with Crippen LogP contribution < -0.4 is 5.73 Å². The lowest BCUT2D eigenvalue weighted by molar-refractivity contribution is 0.163. The molecule has 15 heavy (non-hydrogen) atoms. The molecular weight excluding hydrogens is 204 g/mol. The monoisotopic (exact) mass is 224 g/mol. The molecule has 1 aliphatic heterocycles. The van der Waals surface area contributed by atoms with Crippen LogP contribution in [0.3, 0.4) is 0 Å². The molecule has 0 bridgehead atoms. The Hall–Kier alpha value is -0.380. The Morgan fingerprint density at radius 2 is 2.47 bits per heavy atom. The number of hydrogen-bond donors (Lipinski definition) is 1. The minimum Gasteiger partial charge on any atom is -0.330 e. The molecule has 1 aliphatic rings. The standard InChI is InChI=1S/C12H20N2S/c13-5-3-11-2-1-6-14(8-11)9-12-4-7-15-10-12/h4,7,10-11H,1-3,5-6,8-9,13H2. The highest BCUT2D eigenvalue weighted by atomic mass is 32.1. The van der Waals surface area contributed by atoms with Crippen LogP contribution in [0.1, 0.15) is 24.8 Å². The van der Waals surface area contributed by atoms with Crippen LogP contribution in [0, 0.1) is 5.92 Å². The molecule has 2 heterocycles. The molecule has 0 amide bonds. The van der Waals surface area contributed by atoms with E-state index >= 15 is 0 Å². The highest BCUT2D eigenvalue weighted by molar-refractivity contribution is 7.07. The summed E-state index contributed by atoms with van der Waals surface area (Å²) in [7, 11) is 0. The summed E-state index contributed by atoms with van der Waals surface area (Å²) in [6.07, 6.45) is 3.91. The molecule has 0 radical (unpaired) electrons. The molecule has 0 aromatic carbocycles. The third-order valence-electron chi connectivity index (χ3n) is 3.16. The molecule has 0 saturated carbocycles. The maximum Gasteiger partial charge on any atom is 0.0242 e. The summed E-state index contributed by atoms with van der Waals surface area (Å²) in [4.78, 5) is 2.58. The Labute approximate surface area is 96.1 Å². The van der Waals surface area contributed by atoms with Crippen LogP contribution in [0.5, 0.6) is 0 Å². The Kier molecular flexibility index (Phi) is 4.18. The minimum absolute atomic E-state index is 0.836. The molecule has 1 unspecified atom stereocenters. The van der Waals surface area contributed by atoms with Gasteiger partial charge in [-0.3, -0.25) is 4.90 Å². The van der Waals surface area contributed by atoms with Gasteiger partial charge in [0.1, 0.15) is 0 Å². The first-order valence-electron chi connectivity index (χ1n) is 5.82. The van der Waals surface area contributed by atoms with Crippen molar-refractivity contribution in [3.8, 4) is 0 Å². The van der Waals surface area contributed by atoms with Gasteiger partial charge in [0.25, 0.3) is 0 Å². The molecular formula is C12H20N2S. The van der Waals surface area contributed by atoms with Crippen LogP contribution in [0.15, 0.2) is 16.8 Å². The van der Waals surface area contributed by atoms with Gasteiger partial charge in [-0.1, -0.05) is 0 Å². The number of hydrogen-bond acceptors (Lipinski definition) is 3. The minimum atomic E-state index is 0.836. The van der Waals surface area contributed by atoms with Crippen LogP contribution in [-0.4, -0.2) is 24.5 Å². The van der Waals surface area contributed by atoms with Crippen molar-refractivity contribution in [3.05, 3.63) is 22.4 Å². The maximum absolute atomic E-state index is 5.62. The van der Waals surface area contributed by atoms with Gasteiger partial charge in [0.05, 0.1) is 0 Å². The van der Waals surface area contributed by atoms with Gasteiger partial charge in [0.2, 0.25) is 0 Å². The Balaban J connectivity index is 1.82. The van der Waals surface area contributed by atoms with Gasteiger partial charge in [-0.15, -0.1) is 0 Å². The third kappa shape index (κ3) is 3.30. The Bertz CT molecular complexity index is 269. The summed E-state index contributed by atoms with van der Waals surface area (Å²) in [5.74, 6) is 0.836. The fourth-order valence-corrected chi connectivity index (χ4v) is 3.07. The number of piperidine rings is 1. The first-order chi connectivity index (χ1) is 7.38. The van der Waals surface area contributed by atoms with Gasteiger partial charge in [-0.25, -0.2) is 0 Å². The van der Waals surface area contributed by atoms with Crippen LogP contribution in [0.4, 0.5) is 0 Å². The molecule has 1 fully saturated rings. The topological polar surface area (TPSA) is 29.3 Å². The van der Waals surface area contributed by atoms with Gasteiger partial charge in [0.15, 0.2) is 0 Å². The van der Waals surface area contributed by atoms with Crippen LogP contribution in [0.25, 0.3) is 0 Å². The second-order valence-electron chi connectivity index (χ2n) is 4.45. The number of thiophene rings is 1. The molecule has 0 aliphatic carbocycles.